The highest BCUT2D eigenvalue weighted by Gasteiger charge is 2.26. The fourth-order valence-electron chi connectivity index (χ4n) is 1.53. The molecule has 0 saturated heterocycles. The van der Waals surface area contributed by atoms with Crippen LogP contribution in [0.1, 0.15) is 12.5 Å². The van der Waals surface area contributed by atoms with Crippen LogP contribution >= 0.6 is 11.6 Å². The maximum atomic E-state index is 13.2. The van der Waals surface area contributed by atoms with Crippen molar-refractivity contribution in [3.8, 4) is 0 Å². The van der Waals surface area contributed by atoms with E-state index in [1.165, 1.54) is 13.0 Å². The monoisotopic (exact) mass is 295 g/mol. The van der Waals surface area contributed by atoms with E-state index in [2.05, 4.69) is 0 Å². The molecule has 0 bridgehead atoms. The molecule has 0 amide bonds. The molecular formula is C11H15ClFNO3S. The number of rotatable bonds is 5. The molecule has 0 aliphatic heterocycles. The summed E-state index contributed by atoms with van der Waals surface area (Å²) in [5.74, 6) is -0.552. The molecule has 0 unspecified atom stereocenters. The highest BCUT2D eigenvalue weighted by molar-refractivity contribution is 7.89. The Bertz CT molecular complexity index is 533. The zero-order chi connectivity index (χ0) is 13.9. The molecule has 0 saturated carbocycles. The van der Waals surface area contributed by atoms with Crippen LogP contribution in [0.25, 0.3) is 0 Å². The van der Waals surface area contributed by atoms with Crippen molar-refractivity contribution in [2.24, 2.45) is 0 Å². The number of aryl methyl sites for hydroxylation is 1. The van der Waals surface area contributed by atoms with Gasteiger partial charge in [-0.25, -0.2) is 12.8 Å². The normalized spacial score (nSPS) is 12.1. The number of hydrogen-bond donors (Lipinski definition) is 1. The van der Waals surface area contributed by atoms with Gasteiger partial charge in [0.2, 0.25) is 10.0 Å². The summed E-state index contributed by atoms with van der Waals surface area (Å²) in [6, 6.07) is 2.18. The van der Waals surface area contributed by atoms with Gasteiger partial charge in [0.1, 0.15) is 10.7 Å². The minimum absolute atomic E-state index is 0.0222. The van der Waals surface area contributed by atoms with Crippen molar-refractivity contribution in [2.45, 2.75) is 18.7 Å². The molecule has 0 radical (unpaired) electrons. The first-order valence-corrected chi connectivity index (χ1v) is 7.23. The zero-order valence-corrected chi connectivity index (χ0v) is 11.7. The first kappa shape index (κ1) is 15.4. The van der Waals surface area contributed by atoms with Crippen LogP contribution in [-0.4, -0.2) is 37.5 Å². The standard InChI is InChI=1S/C11H15ClFNO3S/c1-3-14(4-5-15)18(16,17)11-6-8(2)10(13)7-9(11)12/h6-7,15H,3-5H2,1-2H3. The minimum Gasteiger partial charge on any atom is -0.395 e. The topological polar surface area (TPSA) is 57.6 Å². The summed E-state index contributed by atoms with van der Waals surface area (Å²) in [4.78, 5) is -0.140. The van der Waals surface area contributed by atoms with Crippen LogP contribution in [0, 0.1) is 12.7 Å². The van der Waals surface area contributed by atoms with Crippen molar-refractivity contribution >= 4 is 21.6 Å². The zero-order valence-electron chi connectivity index (χ0n) is 10.2. The van der Waals surface area contributed by atoms with Crippen molar-refractivity contribution in [3.05, 3.63) is 28.5 Å². The van der Waals surface area contributed by atoms with Crippen molar-refractivity contribution in [2.75, 3.05) is 19.7 Å². The number of aliphatic hydroxyl groups excluding tert-OH is 1. The Labute approximate surface area is 111 Å². The molecular weight excluding hydrogens is 281 g/mol. The predicted octanol–water partition coefficient (Wildman–Crippen LogP) is 1.79. The van der Waals surface area contributed by atoms with E-state index in [0.717, 1.165) is 10.4 Å². The Morgan fingerprint density at radius 2 is 2.06 bits per heavy atom. The third kappa shape index (κ3) is 3.00. The summed E-state index contributed by atoms with van der Waals surface area (Å²) in [6.45, 7) is 3.01. The molecule has 1 aromatic rings. The Morgan fingerprint density at radius 3 is 2.56 bits per heavy atom. The van der Waals surface area contributed by atoms with Gasteiger partial charge in [0.25, 0.3) is 0 Å². The highest BCUT2D eigenvalue weighted by atomic mass is 35.5. The van der Waals surface area contributed by atoms with Gasteiger partial charge in [0.15, 0.2) is 0 Å². The molecule has 102 valence electrons. The lowest BCUT2D eigenvalue weighted by molar-refractivity contribution is 0.257. The molecule has 0 spiro atoms. The SMILES string of the molecule is CCN(CCO)S(=O)(=O)c1cc(C)c(F)cc1Cl. The number of hydrogen-bond acceptors (Lipinski definition) is 3. The largest absolute Gasteiger partial charge is 0.395 e. The maximum Gasteiger partial charge on any atom is 0.244 e. The van der Waals surface area contributed by atoms with E-state index < -0.39 is 15.8 Å². The lowest BCUT2D eigenvalue weighted by atomic mass is 10.2. The van der Waals surface area contributed by atoms with Crippen molar-refractivity contribution in [1.82, 2.24) is 4.31 Å². The van der Waals surface area contributed by atoms with Crippen molar-refractivity contribution in [1.29, 1.82) is 0 Å². The summed E-state index contributed by atoms with van der Waals surface area (Å²) in [5.41, 5.74) is 0.207. The number of nitrogens with zero attached hydrogens (tertiary/aromatic N) is 1. The molecule has 0 aromatic heterocycles. The minimum atomic E-state index is -3.81. The van der Waals surface area contributed by atoms with Crippen molar-refractivity contribution < 1.29 is 17.9 Å². The average molecular weight is 296 g/mol. The van der Waals surface area contributed by atoms with Gasteiger partial charge >= 0.3 is 0 Å². The summed E-state index contributed by atoms with van der Waals surface area (Å²) >= 11 is 5.78. The van der Waals surface area contributed by atoms with Gasteiger partial charge in [0.05, 0.1) is 11.6 Å². The van der Waals surface area contributed by atoms with Crippen LogP contribution in [0.4, 0.5) is 4.39 Å². The van der Waals surface area contributed by atoms with E-state index in [0.29, 0.717) is 0 Å². The van der Waals surface area contributed by atoms with Crippen LogP contribution in [0.3, 0.4) is 0 Å². The summed E-state index contributed by atoms with van der Waals surface area (Å²) in [5, 5.41) is 8.69. The highest BCUT2D eigenvalue weighted by Crippen LogP contribution is 2.27. The quantitative estimate of drug-likeness (QED) is 0.901. The van der Waals surface area contributed by atoms with Gasteiger partial charge in [-0.15, -0.1) is 0 Å². The summed E-state index contributed by atoms with van der Waals surface area (Å²) in [6.07, 6.45) is 0. The molecule has 7 heteroatoms. The summed E-state index contributed by atoms with van der Waals surface area (Å²) in [7, 11) is -3.81. The molecule has 1 rings (SSSR count). The Hall–Kier alpha value is -0.690. The Kier molecular flexibility index (Phi) is 5.10. The van der Waals surface area contributed by atoms with Gasteiger partial charge in [0, 0.05) is 13.1 Å². The van der Waals surface area contributed by atoms with Crippen molar-refractivity contribution in [3.63, 3.8) is 0 Å². The third-order valence-corrected chi connectivity index (χ3v) is 4.97. The fraction of sp³-hybridized carbons (Fsp3) is 0.455. The van der Waals surface area contributed by atoms with E-state index in [4.69, 9.17) is 16.7 Å². The van der Waals surface area contributed by atoms with E-state index in [1.54, 1.807) is 6.92 Å². The number of aliphatic hydroxyl groups is 1. The number of sulfonamides is 1. The lowest BCUT2D eigenvalue weighted by Gasteiger charge is -2.20. The molecule has 4 nitrogen and oxygen atoms in total. The molecule has 0 fully saturated rings. The Balaban J connectivity index is 3.32. The van der Waals surface area contributed by atoms with E-state index in [-0.39, 0.29) is 35.2 Å². The number of halogens is 2. The third-order valence-electron chi connectivity index (χ3n) is 2.53. The summed E-state index contributed by atoms with van der Waals surface area (Å²) < 4.78 is 38.8. The van der Waals surface area contributed by atoms with Gasteiger partial charge in [-0.2, -0.15) is 4.31 Å². The first-order chi connectivity index (χ1) is 8.34. The molecule has 1 aromatic carbocycles. The molecule has 1 N–H and O–H groups in total. The van der Waals surface area contributed by atoms with Crippen LogP contribution < -0.4 is 0 Å². The molecule has 18 heavy (non-hydrogen) atoms. The van der Waals surface area contributed by atoms with Crippen LogP contribution in [0.5, 0.6) is 0 Å². The first-order valence-electron chi connectivity index (χ1n) is 5.41. The van der Waals surface area contributed by atoms with E-state index in [9.17, 15) is 12.8 Å². The van der Waals surface area contributed by atoms with Gasteiger partial charge < -0.3 is 5.11 Å². The second-order valence-corrected chi connectivity index (χ2v) is 6.07. The molecule has 0 aliphatic carbocycles. The molecule has 0 atom stereocenters. The van der Waals surface area contributed by atoms with Gasteiger partial charge in [-0.1, -0.05) is 18.5 Å². The van der Waals surface area contributed by atoms with Crippen LogP contribution in [0.2, 0.25) is 5.02 Å². The molecule has 0 aliphatic rings. The second kappa shape index (κ2) is 5.97. The predicted molar refractivity (Wildman–Crippen MR) is 67.7 cm³/mol. The second-order valence-electron chi connectivity index (χ2n) is 3.75. The fourth-order valence-corrected chi connectivity index (χ4v) is 3.54. The van der Waals surface area contributed by atoms with Gasteiger partial charge in [-0.05, 0) is 24.6 Å². The van der Waals surface area contributed by atoms with Crippen LogP contribution in [-0.2, 0) is 10.0 Å². The van der Waals surface area contributed by atoms with E-state index >= 15 is 0 Å². The average Bonchev–Trinajstić information content (AvgIpc) is 2.30. The lowest BCUT2D eigenvalue weighted by Crippen LogP contribution is -2.33. The van der Waals surface area contributed by atoms with Gasteiger partial charge in [-0.3, -0.25) is 0 Å². The molecule has 0 heterocycles. The Morgan fingerprint density at radius 1 is 1.44 bits per heavy atom. The number of benzene rings is 1. The maximum absolute atomic E-state index is 13.2. The van der Waals surface area contributed by atoms with E-state index in [1.807, 2.05) is 0 Å². The smallest absolute Gasteiger partial charge is 0.244 e. The van der Waals surface area contributed by atoms with Crippen LogP contribution in [0.15, 0.2) is 17.0 Å². The number of likely N-dealkylation sites (N-methyl/N-ethyl adjacent to an activating group) is 1.